The summed E-state index contributed by atoms with van der Waals surface area (Å²) in [4.78, 5) is 4.71. The van der Waals surface area contributed by atoms with Crippen LogP contribution in [0.15, 0.2) is 79.0 Å². The van der Waals surface area contributed by atoms with Crippen molar-refractivity contribution in [2.24, 2.45) is 0 Å². The molecule has 0 fully saturated rings. The molecule has 5 aromatic rings. The number of hydrogen-bond acceptors (Lipinski definition) is 4. The maximum absolute atomic E-state index is 13.7. The van der Waals surface area contributed by atoms with Gasteiger partial charge in [0.05, 0.1) is 23.1 Å². The minimum atomic E-state index is -0.307. The van der Waals surface area contributed by atoms with Crippen molar-refractivity contribution in [3.63, 3.8) is 0 Å². The number of rotatable bonds is 4. The standard InChI is InChI=1S/C24H17F2N5/c1-15-11-17(26)13-18(12-15)27-21-3-2-4-22-20(21)9-10-23(28-22)24-14-31(30-29-24)19-7-5-16(25)6-8-19/h2-14,27H,1H3. The molecule has 5 nitrogen and oxygen atoms in total. The van der Waals surface area contributed by atoms with E-state index < -0.39 is 0 Å². The van der Waals surface area contributed by atoms with E-state index in [4.69, 9.17) is 4.98 Å². The minimum Gasteiger partial charge on any atom is -0.355 e. The van der Waals surface area contributed by atoms with Crippen molar-refractivity contribution in [2.45, 2.75) is 6.92 Å². The van der Waals surface area contributed by atoms with E-state index in [9.17, 15) is 8.78 Å². The van der Waals surface area contributed by atoms with Crippen LogP contribution in [0.5, 0.6) is 0 Å². The summed E-state index contributed by atoms with van der Waals surface area (Å²) in [6.07, 6.45) is 1.75. The van der Waals surface area contributed by atoms with E-state index in [-0.39, 0.29) is 11.6 Å². The first kappa shape index (κ1) is 18.9. The normalized spacial score (nSPS) is 11.1. The molecular weight excluding hydrogens is 396 g/mol. The first-order chi connectivity index (χ1) is 15.0. The summed E-state index contributed by atoms with van der Waals surface area (Å²) < 4.78 is 28.5. The van der Waals surface area contributed by atoms with Gasteiger partial charge in [0.2, 0.25) is 0 Å². The Morgan fingerprint density at radius 1 is 0.839 bits per heavy atom. The highest BCUT2D eigenvalue weighted by molar-refractivity contribution is 5.94. The second-order valence-corrected chi connectivity index (χ2v) is 7.24. The smallest absolute Gasteiger partial charge is 0.131 e. The van der Waals surface area contributed by atoms with Crippen LogP contribution in [-0.4, -0.2) is 20.0 Å². The number of nitrogens with zero attached hydrogens (tertiary/aromatic N) is 4. The molecule has 0 radical (unpaired) electrons. The summed E-state index contributed by atoms with van der Waals surface area (Å²) in [5, 5.41) is 12.5. The van der Waals surface area contributed by atoms with E-state index in [1.54, 1.807) is 23.0 Å². The minimum absolute atomic E-state index is 0.285. The molecule has 0 saturated carbocycles. The summed E-state index contributed by atoms with van der Waals surface area (Å²) in [6.45, 7) is 1.85. The number of fused-ring (bicyclic) bond motifs is 1. The quantitative estimate of drug-likeness (QED) is 0.404. The van der Waals surface area contributed by atoms with Gasteiger partial charge in [-0.2, -0.15) is 0 Å². The third kappa shape index (κ3) is 3.85. The van der Waals surface area contributed by atoms with Gasteiger partial charge in [-0.15, -0.1) is 5.10 Å². The molecule has 152 valence electrons. The molecule has 31 heavy (non-hydrogen) atoms. The lowest BCUT2D eigenvalue weighted by Gasteiger charge is -2.11. The summed E-state index contributed by atoms with van der Waals surface area (Å²) in [6, 6.07) is 20.4. The number of aromatic nitrogens is 4. The fourth-order valence-corrected chi connectivity index (χ4v) is 3.47. The molecule has 0 aliphatic heterocycles. The molecule has 1 N–H and O–H groups in total. The molecule has 3 aromatic carbocycles. The lowest BCUT2D eigenvalue weighted by atomic mass is 10.1. The van der Waals surface area contributed by atoms with Crippen LogP contribution in [0.2, 0.25) is 0 Å². The fraction of sp³-hybridized carbons (Fsp3) is 0.0417. The number of nitrogens with one attached hydrogen (secondary N) is 1. The van der Waals surface area contributed by atoms with Crippen molar-refractivity contribution in [1.82, 2.24) is 20.0 Å². The number of anilines is 2. The molecular formula is C24H17F2N5. The molecule has 0 spiro atoms. The molecule has 2 heterocycles. The maximum Gasteiger partial charge on any atom is 0.131 e. The molecule has 0 unspecified atom stereocenters. The molecule has 0 aliphatic carbocycles. The number of halogens is 2. The van der Waals surface area contributed by atoms with Crippen LogP contribution in [0, 0.1) is 18.6 Å². The van der Waals surface area contributed by atoms with Crippen molar-refractivity contribution in [3.05, 3.63) is 96.2 Å². The molecule has 0 amide bonds. The molecule has 0 bridgehead atoms. The first-order valence-electron chi connectivity index (χ1n) is 9.68. The number of hydrogen-bond donors (Lipinski definition) is 1. The third-order valence-electron chi connectivity index (χ3n) is 4.90. The summed E-state index contributed by atoms with van der Waals surface area (Å²) in [5.41, 5.74) is 5.09. The van der Waals surface area contributed by atoms with E-state index >= 15 is 0 Å². The van der Waals surface area contributed by atoms with E-state index in [0.717, 1.165) is 22.2 Å². The van der Waals surface area contributed by atoms with Gasteiger partial charge in [-0.05, 0) is 79.2 Å². The summed E-state index contributed by atoms with van der Waals surface area (Å²) in [7, 11) is 0. The number of aryl methyl sites for hydroxylation is 1. The van der Waals surface area contributed by atoms with E-state index in [1.165, 1.54) is 24.3 Å². The lowest BCUT2D eigenvalue weighted by Crippen LogP contribution is -1.95. The van der Waals surface area contributed by atoms with Crippen molar-refractivity contribution < 1.29 is 8.78 Å². The van der Waals surface area contributed by atoms with Crippen LogP contribution < -0.4 is 5.32 Å². The summed E-state index contributed by atoms with van der Waals surface area (Å²) in [5.74, 6) is -0.592. The lowest BCUT2D eigenvalue weighted by molar-refractivity contribution is 0.626. The highest BCUT2D eigenvalue weighted by Gasteiger charge is 2.10. The fourth-order valence-electron chi connectivity index (χ4n) is 3.47. The van der Waals surface area contributed by atoms with Gasteiger partial charge in [-0.3, -0.25) is 0 Å². The second kappa shape index (κ2) is 7.60. The topological polar surface area (TPSA) is 55.6 Å². The Morgan fingerprint density at radius 2 is 1.68 bits per heavy atom. The van der Waals surface area contributed by atoms with Gasteiger partial charge in [0.25, 0.3) is 0 Å². The van der Waals surface area contributed by atoms with Crippen LogP contribution >= 0.6 is 0 Å². The Labute approximate surface area is 177 Å². The molecule has 5 rings (SSSR count). The van der Waals surface area contributed by atoms with Crippen LogP contribution in [0.1, 0.15) is 5.56 Å². The Bertz CT molecular complexity index is 1370. The van der Waals surface area contributed by atoms with Gasteiger partial charge in [-0.25, -0.2) is 18.4 Å². The largest absolute Gasteiger partial charge is 0.355 e. The average molecular weight is 413 g/mol. The Kier molecular flexibility index (Phi) is 4.63. The molecule has 0 saturated heterocycles. The second-order valence-electron chi connectivity index (χ2n) is 7.24. The summed E-state index contributed by atoms with van der Waals surface area (Å²) >= 11 is 0. The average Bonchev–Trinajstić information content (AvgIpc) is 3.24. The predicted molar refractivity (Wildman–Crippen MR) is 116 cm³/mol. The van der Waals surface area contributed by atoms with Gasteiger partial charge in [-0.1, -0.05) is 11.3 Å². The molecule has 0 atom stereocenters. The highest BCUT2D eigenvalue weighted by atomic mass is 19.1. The highest BCUT2D eigenvalue weighted by Crippen LogP contribution is 2.28. The van der Waals surface area contributed by atoms with Crippen LogP contribution in [0.3, 0.4) is 0 Å². The van der Waals surface area contributed by atoms with E-state index in [1.807, 2.05) is 43.3 Å². The van der Waals surface area contributed by atoms with Gasteiger partial charge in [0.15, 0.2) is 0 Å². The van der Waals surface area contributed by atoms with Gasteiger partial charge >= 0.3 is 0 Å². The Balaban J connectivity index is 1.48. The number of pyridine rings is 1. The van der Waals surface area contributed by atoms with Crippen LogP contribution in [0.25, 0.3) is 28.0 Å². The monoisotopic (exact) mass is 413 g/mol. The zero-order valence-electron chi connectivity index (χ0n) is 16.6. The van der Waals surface area contributed by atoms with Gasteiger partial charge < -0.3 is 5.32 Å². The zero-order chi connectivity index (χ0) is 21.4. The number of benzene rings is 3. The zero-order valence-corrected chi connectivity index (χ0v) is 16.6. The van der Waals surface area contributed by atoms with E-state index in [2.05, 4.69) is 15.6 Å². The third-order valence-corrected chi connectivity index (χ3v) is 4.90. The first-order valence-corrected chi connectivity index (χ1v) is 9.68. The Morgan fingerprint density at radius 3 is 2.48 bits per heavy atom. The van der Waals surface area contributed by atoms with Gasteiger partial charge in [0.1, 0.15) is 17.3 Å². The van der Waals surface area contributed by atoms with Crippen molar-refractivity contribution >= 4 is 22.3 Å². The SMILES string of the molecule is Cc1cc(F)cc(Nc2cccc3nc(-c4cn(-c5ccc(F)cc5)nn4)ccc23)c1. The van der Waals surface area contributed by atoms with Crippen molar-refractivity contribution in [2.75, 3.05) is 5.32 Å². The Hall–Kier alpha value is -4.13. The van der Waals surface area contributed by atoms with Crippen molar-refractivity contribution in [3.8, 4) is 17.1 Å². The maximum atomic E-state index is 13.7. The predicted octanol–water partition coefficient (Wildman–Crippen LogP) is 5.81. The van der Waals surface area contributed by atoms with Crippen LogP contribution in [-0.2, 0) is 0 Å². The molecule has 2 aromatic heterocycles. The van der Waals surface area contributed by atoms with Crippen LogP contribution in [0.4, 0.5) is 20.2 Å². The van der Waals surface area contributed by atoms with E-state index in [0.29, 0.717) is 22.8 Å². The van der Waals surface area contributed by atoms with Gasteiger partial charge in [0, 0.05) is 16.8 Å². The molecule has 0 aliphatic rings. The van der Waals surface area contributed by atoms with Crippen molar-refractivity contribution in [1.29, 1.82) is 0 Å². The molecule has 7 heteroatoms.